The van der Waals surface area contributed by atoms with Gasteiger partial charge in [-0.3, -0.25) is 0 Å². The molecule has 0 bridgehead atoms. The van der Waals surface area contributed by atoms with E-state index in [1.54, 1.807) is 6.08 Å². The van der Waals surface area contributed by atoms with Gasteiger partial charge in [-0.15, -0.1) is 6.58 Å². The lowest BCUT2D eigenvalue weighted by molar-refractivity contribution is 0.0697. The largest absolute Gasteiger partial charge is 0.478 e. The molecule has 0 aromatic carbocycles. The number of hydrogen-bond acceptors (Lipinski definition) is 3. The van der Waals surface area contributed by atoms with Gasteiger partial charge in [0, 0.05) is 6.04 Å². The zero-order chi connectivity index (χ0) is 12.1. The number of hydrogen-bond donors (Lipinski definition) is 2. The molecule has 1 unspecified atom stereocenters. The fourth-order valence-corrected chi connectivity index (χ4v) is 1.26. The molecular weight excluding hydrogens is 211 g/mol. The highest BCUT2D eigenvalue weighted by atomic mass is 19.1. The number of halogens is 1. The van der Waals surface area contributed by atoms with Gasteiger partial charge >= 0.3 is 5.97 Å². The molecule has 2 N–H and O–H groups in total. The minimum Gasteiger partial charge on any atom is -0.478 e. The Morgan fingerprint density at radius 2 is 2.50 bits per heavy atom. The summed E-state index contributed by atoms with van der Waals surface area (Å²) in [4.78, 5) is 14.6. The highest BCUT2D eigenvalue weighted by molar-refractivity contribution is 5.93. The first-order valence-electron chi connectivity index (χ1n) is 4.81. The lowest BCUT2D eigenvalue weighted by Crippen LogP contribution is -2.17. The van der Waals surface area contributed by atoms with E-state index in [1.807, 2.05) is 6.92 Å². The van der Waals surface area contributed by atoms with Crippen LogP contribution in [0.1, 0.15) is 23.7 Å². The van der Waals surface area contributed by atoms with Gasteiger partial charge in [-0.1, -0.05) is 6.08 Å². The van der Waals surface area contributed by atoms with E-state index in [9.17, 15) is 9.18 Å². The summed E-state index contributed by atoms with van der Waals surface area (Å²) < 4.78 is 12.8. The third-order valence-corrected chi connectivity index (χ3v) is 1.99. The van der Waals surface area contributed by atoms with Crippen LogP contribution >= 0.6 is 0 Å². The molecule has 86 valence electrons. The fraction of sp³-hybridized carbons (Fsp3) is 0.273. The number of rotatable bonds is 5. The highest BCUT2D eigenvalue weighted by Crippen LogP contribution is 2.15. The highest BCUT2D eigenvalue weighted by Gasteiger charge is 2.14. The Morgan fingerprint density at radius 3 is 3.06 bits per heavy atom. The van der Waals surface area contributed by atoms with Gasteiger partial charge in [0.2, 0.25) is 0 Å². The first-order valence-corrected chi connectivity index (χ1v) is 4.81. The van der Waals surface area contributed by atoms with Gasteiger partial charge < -0.3 is 10.4 Å². The van der Waals surface area contributed by atoms with Gasteiger partial charge in [0.05, 0.1) is 6.20 Å². The normalized spacial score (nSPS) is 11.9. The number of aromatic carboxylic acids is 1. The first kappa shape index (κ1) is 12.2. The number of carboxylic acid groups (broad SMARTS) is 1. The van der Waals surface area contributed by atoms with Gasteiger partial charge in [0.15, 0.2) is 0 Å². The minimum atomic E-state index is -1.21. The van der Waals surface area contributed by atoms with E-state index < -0.39 is 11.8 Å². The Balaban J connectivity index is 2.94. The number of pyridine rings is 1. The maximum atomic E-state index is 12.8. The molecule has 1 aromatic rings. The van der Waals surface area contributed by atoms with E-state index in [0.717, 1.165) is 12.3 Å². The molecule has 0 aliphatic carbocycles. The molecule has 1 aromatic heterocycles. The Kier molecular flexibility index (Phi) is 3.99. The summed E-state index contributed by atoms with van der Waals surface area (Å²) >= 11 is 0. The first-order chi connectivity index (χ1) is 7.54. The number of aromatic nitrogens is 1. The van der Waals surface area contributed by atoms with Crippen LogP contribution in [0.25, 0.3) is 0 Å². The van der Waals surface area contributed by atoms with Gasteiger partial charge in [-0.2, -0.15) is 0 Å². The second kappa shape index (κ2) is 5.25. The fourth-order valence-electron chi connectivity index (χ4n) is 1.26. The van der Waals surface area contributed by atoms with Crippen molar-refractivity contribution in [2.75, 3.05) is 5.32 Å². The van der Waals surface area contributed by atoms with E-state index in [1.165, 1.54) is 0 Å². The van der Waals surface area contributed by atoms with Gasteiger partial charge in [0.1, 0.15) is 17.2 Å². The number of anilines is 1. The van der Waals surface area contributed by atoms with Crippen LogP contribution in [-0.4, -0.2) is 22.1 Å². The van der Waals surface area contributed by atoms with Crippen LogP contribution in [0.2, 0.25) is 0 Å². The summed E-state index contributed by atoms with van der Waals surface area (Å²) in [5, 5.41) is 11.8. The average Bonchev–Trinajstić information content (AvgIpc) is 2.20. The van der Waals surface area contributed by atoms with Crippen molar-refractivity contribution in [3.8, 4) is 0 Å². The maximum Gasteiger partial charge on any atom is 0.339 e. The second-order valence-electron chi connectivity index (χ2n) is 3.42. The topological polar surface area (TPSA) is 62.2 Å². The molecule has 1 rings (SSSR count). The van der Waals surface area contributed by atoms with Gasteiger partial charge in [0.25, 0.3) is 0 Å². The van der Waals surface area contributed by atoms with Crippen LogP contribution in [0.3, 0.4) is 0 Å². The van der Waals surface area contributed by atoms with Gasteiger partial charge in [-0.05, 0) is 19.4 Å². The molecule has 0 aliphatic heterocycles. The number of nitrogens with one attached hydrogen (secondary N) is 1. The van der Waals surface area contributed by atoms with E-state index in [4.69, 9.17) is 5.11 Å². The molecule has 16 heavy (non-hydrogen) atoms. The van der Waals surface area contributed by atoms with Crippen molar-refractivity contribution in [1.82, 2.24) is 4.98 Å². The molecule has 0 saturated carbocycles. The molecule has 0 amide bonds. The van der Waals surface area contributed by atoms with E-state index >= 15 is 0 Å². The Hall–Kier alpha value is -1.91. The monoisotopic (exact) mass is 224 g/mol. The molecule has 0 spiro atoms. The SMILES string of the molecule is C=CCC(C)Nc1ncc(F)cc1C(=O)O. The summed E-state index contributed by atoms with van der Waals surface area (Å²) in [6.07, 6.45) is 3.36. The van der Waals surface area contributed by atoms with Crippen molar-refractivity contribution in [3.63, 3.8) is 0 Å². The van der Waals surface area contributed by atoms with E-state index in [0.29, 0.717) is 6.42 Å². The number of carboxylic acids is 1. The smallest absolute Gasteiger partial charge is 0.339 e. The van der Waals surface area contributed by atoms with Crippen molar-refractivity contribution < 1.29 is 14.3 Å². The van der Waals surface area contributed by atoms with Crippen molar-refractivity contribution in [1.29, 1.82) is 0 Å². The second-order valence-corrected chi connectivity index (χ2v) is 3.42. The molecule has 0 radical (unpaired) electrons. The van der Waals surface area contributed by atoms with E-state index in [2.05, 4.69) is 16.9 Å². The predicted molar refractivity (Wildman–Crippen MR) is 59.1 cm³/mol. The quantitative estimate of drug-likeness (QED) is 0.753. The average molecular weight is 224 g/mol. The molecule has 5 heteroatoms. The maximum absolute atomic E-state index is 12.8. The molecule has 4 nitrogen and oxygen atoms in total. The third kappa shape index (κ3) is 3.05. The van der Waals surface area contributed by atoms with Gasteiger partial charge in [-0.25, -0.2) is 14.2 Å². The van der Waals surface area contributed by atoms with Crippen molar-refractivity contribution in [2.45, 2.75) is 19.4 Å². The minimum absolute atomic E-state index is 0.00596. The van der Waals surface area contributed by atoms with Crippen LogP contribution in [0, 0.1) is 5.82 Å². The zero-order valence-corrected chi connectivity index (χ0v) is 8.90. The molecule has 0 fully saturated rings. The molecule has 0 saturated heterocycles. The van der Waals surface area contributed by atoms with Crippen molar-refractivity contribution in [2.24, 2.45) is 0 Å². The number of carbonyl (C=O) groups is 1. The summed E-state index contributed by atoms with van der Waals surface area (Å²) in [5.74, 6) is -1.71. The third-order valence-electron chi connectivity index (χ3n) is 1.99. The number of nitrogens with zero attached hydrogens (tertiary/aromatic N) is 1. The zero-order valence-electron chi connectivity index (χ0n) is 8.90. The lowest BCUT2D eigenvalue weighted by Gasteiger charge is -2.13. The Bertz CT molecular complexity index is 407. The summed E-state index contributed by atoms with van der Waals surface area (Å²) in [6, 6.07) is 0.937. The van der Waals surface area contributed by atoms with Crippen LogP contribution in [0.15, 0.2) is 24.9 Å². The molecule has 1 heterocycles. The van der Waals surface area contributed by atoms with E-state index in [-0.39, 0.29) is 17.4 Å². The summed E-state index contributed by atoms with van der Waals surface area (Å²) in [7, 11) is 0. The lowest BCUT2D eigenvalue weighted by atomic mass is 10.2. The molecule has 1 atom stereocenters. The molecule has 0 aliphatic rings. The predicted octanol–water partition coefficient (Wildman–Crippen LogP) is 2.30. The Morgan fingerprint density at radius 1 is 1.81 bits per heavy atom. The Labute approximate surface area is 92.8 Å². The molecular formula is C11H13FN2O2. The van der Waals surface area contributed by atoms with Crippen molar-refractivity contribution >= 4 is 11.8 Å². The summed E-state index contributed by atoms with van der Waals surface area (Å²) in [5.41, 5.74) is -0.170. The summed E-state index contributed by atoms with van der Waals surface area (Å²) in [6.45, 7) is 5.44. The van der Waals surface area contributed by atoms with Crippen molar-refractivity contribution in [3.05, 3.63) is 36.3 Å². The van der Waals surface area contributed by atoms with Crippen LogP contribution in [-0.2, 0) is 0 Å². The van der Waals surface area contributed by atoms with Crippen LogP contribution in [0.4, 0.5) is 10.2 Å². The van der Waals surface area contributed by atoms with Crippen LogP contribution < -0.4 is 5.32 Å². The standard InChI is InChI=1S/C11H13FN2O2/c1-3-4-7(2)14-10-9(11(15)16)5-8(12)6-13-10/h3,5-7H,1,4H2,2H3,(H,13,14)(H,15,16). The van der Waals surface area contributed by atoms with Crippen LogP contribution in [0.5, 0.6) is 0 Å².